The molecule has 0 unspecified atom stereocenters. The molecule has 0 heterocycles. The number of anilines is 3. The Morgan fingerprint density at radius 2 is 1.79 bits per heavy atom. The minimum absolute atomic E-state index is 0.0327. The quantitative estimate of drug-likeness (QED) is 0.854. The normalized spacial score (nSPS) is 11.3. The number of rotatable bonds is 3. The standard InChI is InChI=1S/C13H13ClN2O2S/c1-19(17,18)13-8-11(15)12(7-10(13)14)16-9-5-3-2-4-6-9/h2-8,16H,15H2,1H3. The molecule has 0 saturated carbocycles. The van der Waals surface area contributed by atoms with Crippen molar-refractivity contribution in [1.29, 1.82) is 0 Å². The third-order valence-corrected chi connectivity index (χ3v) is 4.12. The zero-order valence-electron chi connectivity index (χ0n) is 10.2. The van der Waals surface area contributed by atoms with Crippen molar-refractivity contribution in [2.45, 2.75) is 4.90 Å². The summed E-state index contributed by atoms with van der Waals surface area (Å²) < 4.78 is 23.0. The minimum Gasteiger partial charge on any atom is -0.397 e. The van der Waals surface area contributed by atoms with Crippen molar-refractivity contribution in [3.8, 4) is 0 Å². The summed E-state index contributed by atoms with van der Waals surface area (Å²) in [6.07, 6.45) is 1.10. The molecule has 0 saturated heterocycles. The van der Waals surface area contributed by atoms with Crippen LogP contribution in [0.5, 0.6) is 0 Å². The fourth-order valence-electron chi connectivity index (χ4n) is 1.64. The molecule has 0 fully saturated rings. The van der Waals surface area contributed by atoms with Crippen LogP contribution < -0.4 is 11.1 Å². The van der Waals surface area contributed by atoms with Crippen LogP contribution in [0.1, 0.15) is 0 Å². The smallest absolute Gasteiger partial charge is 0.177 e. The van der Waals surface area contributed by atoms with Crippen LogP contribution >= 0.6 is 11.6 Å². The third kappa shape index (κ3) is 3.19. The van der Waals surface area contributed by atoms with Gasteiger partial charge >= 0.3 is 0 Å². The number of nitrogens with two attached hydrogens (primary N) is 1. The van der Waals surface area contributed by atoms with Gasteiger partial charge in [0.05, 0.1) is 21.3 Å². The lowest BCUT2D eigenvalue weighted by Gasteiger charge is -2.12. The Bertz CT molecular complexity index is 700. The van der Waals surface area contributed by atoms with E-state index in [0.29, 0.717) is 11.4 Å². The van der Waals surface area contributed by atoms with Crippen molar-refractivity contribution in [2.75, 3.05) is 17.3 Å². The first-order chi connectivity index (χ1) is 8.88. The van der Waals surface area contributed by atoms with Gasteiger partial charge in [0, 0.05) is 11.9 Å². The number of halogens is 1. The van der Waals surface area contributed by atoms with E-state index in [1.165, 1.54) is 12.1 Å². The van der Waals surface area contributed by atoms with Crippen molar-refractivity contribution < 1.29 is 8.42 Å². The van der Waals surface area contributed by atoms with E-state index in [9.17, 15) is 8.42 Å². The van der Waals surface area contributed by atoms with Crippen LogP contribution in [0.4, 0.5) is 17.1 Å². The van der Waals surface area contributed by atoms with Crippen LogP contribution in [-0.4, -0.2) is 14.7 Å². The van der Waals surface area contributed by atoms with E-state index >= 15 is 0 Å². The summed E-state index contributed by atoms with van der Waals surface area (Å²) in [5.74, 6) is 0. The van der Waals surface area contributed by atoms with Crippen LogP contribution in [0.3, 0.4) is 0 Å². The Hall–Kier alpha value is -1.72. The van der Waals surface area contributed by atoms with E-state index in [-0.39, 0.29) is 9.92 Å². The van der Waals surface area contributed by atoms with E-state index in [0.717, 1.165) is 11.9 Å². The third-order valence-electron chi connectivity index (χ3n) is 2.56. The molecule has 0 aromatic heterocycles. The number of nitrogens with one attached hydrogen (secondary N) is 1. The predicted octanol–water partition coefficient (Wildman–Crippen LogP) is 3.07. The van der Waals surface area contributed by atoms with Gasteiger partial charge in [0.15, 0.2) is 9.84 Å². The Balaban J connectivity index is 2.42. The summed E-state index contributed by atoms with van der Waals surface area (Å²) in [6, 6.07) is 12.3. The van der Waals surface area contributed by atoms with Crippen LogP contribution in [0.25, 0.3) is 0 Å². The van der Waals surface area contributed by atoms with E-state index in [1.807, 2.05) is 30.3 Å². The molecule has 3 N–H and O–H groups in total. The minimum atomic E-state index is -3.39. The van der Waals surface area contributed by atoms with Gasteiger partial charge in [0.2, 0.25) is 0 Å². The largest absolute Gasteiger partial charge is 0.397 e. The maximum absolute atomic E-state index is 11.5. The summed E-state index contributed by atoms with van der Waals surface area (Å²) in [7, 11) is -3.39. The number of nitrogen functional groups attached to an aromatic ring is 1. The van der Waals surface area contributed by atoms with Crippen LogP contribution in [0, 0.1) is 0 Å². The maximum atomic E-state index is 11.5. The first kappa shape index (κ1) is 13.7. The molecule has 2 rings (SSSR count). The summed E-state index contributed by atoms with van der Waals surface area (Å²) in [5, 5.41) is 3.24. The molecule has 0 aliphatic rings. The fraction of sp³-hybridized carbons (Fsp3) is 0.0769. The summed E-state index contributed by atoms with van der Waals surface area (Å²) in [6.45, 7) is 0. The van der Waals surface area contributed by atoms with E-state index in [1.54, 1.807) is 0 Å². The Morgan fingerprint density at radius 1 is 1.16 bits per heavy atom. The van der Waals surface area contributed by atoms with Crippen LogP contribution in [0.2, 0.25) is 5.02 Å². The Morgan fingerprint density at radius 3 is 2.37 bits per heavy atom. The second-order valence-corrected chi connectivity index (χ2v) is 6.52. The second-order valence-electron chi connectivity index (χ2n) is 4.13. The number of benzene rings is 2. The molecule has 0 aliphatic heterocycles. The molecule has 0 spiro atoms. The van der Waals surface area contributed by atoms with Gasteiger partial charge in [-0.25, -0.2) is 8.42 Å². The molecule has 2 aromatic carbocycles. The zero-order chi connectivity index (χ0) is 14.0. The molecule has 0 bridgehead atoms. The molecule has 0 atom stereocenters. The molecule has 19 heavy (non-hydrogen) atoms. The van der Waals surface area contributed by atoms with Crippen molar-refractivity contribution in [1.82, 2.24) is 0 Å². The highest BCUT2D eigenvalue weighted by atomic mass is 35.5. The van der Waals surface area contributed by atoms with Gasteiger partial charge in [-0.05, 0) is 24.3 Å². The lowest BCUT2D eigenvalue weighted by atomic mass is 10.2. The van der Waals surface area contributed by atoms with E-state index in [2.05, 4.69) is 5.32 Å². The lowest BCUT2D eigenvalue weighted by molar-refractivity contribution is 0.602. The first-order valence-corrected chi connectivity index (χ1v) is 7.76. The highest BCUT2D eigenvalue weighted by Gasteiger charge is 2.15. The molecular weight excluding hydrogens is 284 g/mol. The lowest BCUT2D eigenvalue weighted by Crippen LogP contribution is -2.02. The molecule has 0 aliphatic carbocycles. The fourth-order valence-corrected chi connectivity index (χ4v) is 2.98. The van der Waals surface area contributed by atoms with Gasteiger partial charge in [-0.3, -0.25) is 0 Å². The van der Waals surface area contributed by atoms with Crippen molar-refractivity contribution in [3.63, 3.8) is 0 Å². The molecule has 100 valence electrons. The van der Waals surface area contributed by atoms with Crippen molar-refractivity contribution in [3.05, 3.63) is 47.5 Å². The number of hydrogen-bond acceptors (Lipinski definition) is 4. The van der Waals surface area contributed by atoms with Gasteiger partial charge < -0.3 is 11.1 Å². The number of hydrogen-bond donors (Lipinski definition) is 2. The van der Waals surface area contributed by atoms with E-state index < -0.39 is 9.84 Å². The van der Waals surface area contributed by atoms with E-state index in [4.69, 9.17) is 17.3 Å². The predicted molar refractivity (Wildman–Crippen MR) is 78.7 cm³/mol. The molecule has 0 amide bonds. The molecule has 4 nitrogen and oxygen atoms in total. The monoisotopic (exact) mass is 296 g/mol. The number of sulfone groups is 1. The van der Waals surface area contributed by atoms with Crippen molar-refractivity contribution in [2.24, 2.45) is 0 Å². The number of para-hydroxylation sites is 1. The summed E-state index contributed by atoms with van der Waals surface area (Å²) >= 11 is 5.98. The maximum Gasteiger partial charge on any atom is 0.177 e. The van der Waals surface area contributed by atoms with Crippen molar-refractivity contribution >= 4 is 38.5 Å². The molecule has 6 heteroatoms. The molecule has 2 aromatic rings. The van der Waals surface area contributed by atoms with Gasteiger partial charge in [-0.2, -0.15) is 0 Å². The summed E-state index contributed by atoms with van der Waals surface area (Å²) in [4.78, 5) is 0.0327. The highest BCUT2D eigenvalue weighted by Crippen LogP contribution is 2.32. The SMILES string of the molecule is CS(=O)(=O)c1cc(N)c(Nc2ccccc2)cc1Cl. The first-order valence-electron chi connectivity index (χ1n) is 5.49. The zero-order valence-corrected chi connectivity index (χ0v) is 11.8. The second kappa shape index (κ2) is 5.11. The Kier molecular flexibility index (Phi) is 3.68. The highest BCUT2D eigenvalue weighted by molar-refractivity contribution is 7.90. The molecule has 0 radical (unpaired) electrons. The topological polar surface area (TPSA) is 72.2 Å². The molecular formula is C13H13ClN2O2S. The summed E-state index contributed by atoms with van der Waals surface area (Å²) in [5.41, 5.74) is 7.59. The van der Waals surface area contributed by atoms with Crippen LogP contribution in [-0.2, 0) is 9.84 Å². The Labute approximate surface area is 117 Å². The van der Waals surface area contributed by atoms with Gasteiger partial charge in [-0.1, -0.05) is 29.8 Å². The van der Waals surface area contributed by atoms with Gasteiger partial charge in [0.1, 0.15) is 0 Å². The van der Waals surface area contributed by atoms with Gasteiger partial charge in [-0.15, -0.1) is 0 Å². The average Bonchev–Trinajstić information content (AvgIpc) is 2.33. The van der Waals surface area contributed by atoms with Gasteiger partial charge in [0.25, 0.3) is 0 Å². The van der Waals surface area contributed by atoms with Crippen LogP contribution in [0.15, 0.2) is 47.4 Å². The average molecular weight is 297 g/mol.